The average Bonchev–Trinajstić information content (AvgIpc) is 2.42. The molecular weight excluding hydrogens is 296 g/mol. The fraction of sp³-hybridized carbons (Fsp3) is 0.667. The van der Waals surface area contributed by atoms with Crippen molar-refractivity contribution in [3.8, 4) is 5.75 Å². The lowest BCUT2D eigenvalue weighted by atomic mass is 9.87. The van der Waals surface area contributed by atoms with Gasteiger partial charge < -0.3 is 4.18 Å². The normalized spacial score (nSPS) is 12.4. The summed E-state index contributed by atoms with van der Waals surface area (Å²) in [7, 11) is -3.48. The van der Waals surface area contributed by atoms with Crippen molar-refractivity contribution in [3.63, 3.8) is 0 Å². The van der Waals surface area contributed by atoms with Gasteiger partial charge in [0, 0.05) is 0 Å². The monoisotopic (exact) mass is 326 g/mol. The summed E-state index contributed by atoms with van der Waals surface area (Å²) in [4.78, 5) is 0. The molecule has 0 aliphatic carbocycles. The van der Waals surface area contributed by atoms with Crippen molar-refractivity contribution in [3.05, 3.63) is 29.8 Å². The smallest absolute Gasteiger partial charge is 0.309 e. The van der Waals surface area contributed by atoms with Gasteiger partial charge in [0.15, 0.2) is 0 Å². The van der Waals surface area contributed by atoms with Gasteiger partial charge in [-0.1, -0.05) is 71.9 Å². The third-order valence-corrected chi connectivity index (χ3v) is 4.93. The molecule has 0 aliphatic rings. The summed E-state index contributed by atoms with van der Waals surface area (Å²) in [6.45, 7) is 8.54. The minimum Gasteiger partial charge on any atom is -0.382 e. The van der Waals surface area contributed by atoms with Crippen molar-refractivity contribution in [2.45, 2.75) is 71.6 Å². The standard InChI is InChI=1S/C18H30O3S/c1-5-6-7-8-9-10-15-22(19,20)21-17-13-11-16(12-14-17)18(2,3)4/h11-14H,5-10,15H2,1-4H3. The van der Waals surface area contributed by atoms with Crippen LogP contribution in [0.3, 0.4) is 0 Å². The van der Waals surface area contributed by atoms with Crippen molar-refractivity contribution >= 4 is 10.1 Å². The fourth-order valence-corrected chi connectivity index (χ4v) is 3.30. The van der Waals surface area contributed by atoms with Crippen LogP contribution in [0.2, 0.25) is 0 Å². The molecule has 0 fully saturated rings. The SMILES string of the molecule is CCCCCCCCS(=O)(=O)Oc1ccc(C(C)(C)C)cc1. The highest BCUT2D eigenvalue weighted by atomic mass is 32.2. The van der Waals surface area contributed by atoms with E-state index in [0.717, 1.165) is 18.4 Å². The number of hydrogen-bond donors (Lipinski definition) is 0. The quantitative estimate of drug-likeness (QED) is 0.471. The molecule has 0 saturated heterocycles. The Bertz CT molecular complexity index is 524. The largest absolute Gasteiger partial charge is 0.382 e. The summed E-state index contributed by atoms with van der Waals surface area (Å²) >= 11 is 0. The van der Waals surface area contributed by atoms with Crippen LogP contribution in [-0.2, 0) is 15.5 Å². The highest BCUT2D eigenvalue weighted by Gasteiger charge is 2.15. The summed E-state index contributed by atoms with van der Waals surface area (Å²) in [6.07, 6.45) is 6.34. The van der Waals surface area contributed by atoms with Gasteiger partial charge in [0.25, 0.3) is 0 Å². The van der Waals surface area contributed by atoms with E-state index in [2.05, 4.69) is 27.7 Å². The van der Waals surface area contributed by atoms with Crippen LogP contribution >= 0.6 is 0 Å². The van der Waals surface area contributed by atoms with Gasteiger partial charge in [-0.3, -0.25) is 0 Å². The summed E-state index contributed by atoms with van der Waals surface area (Å²) < 4.78 is 29.1. The molecule has 0 aliphatic heterocycles. The Labute approximate surface area is 136 Å². The topological polar surface area (TPSA) is 43.4 Å². The molecule has 4 heteroatoms. The van der Waals surface area contributed by atoms with Crippen LogP contribution < -0.4 is 4.18 Å². The Morgan fingerprint density at radius 3 is 2.00 bits per heavy atom. The molecule has 1 aromatic carbocycles. The van der Waals surface area contributed by atoms with Gasteiger partial charge in [-0.25, -0.2) is 0 Å². The van der Waals surface area contributed by atoms with Crippen LogP contribution in [0, 0.1) is 0 Å². The van der Waals surface area contributed by atoms with E-state index in [1.54, 1.807) is 12.1 Å². The van der Waals surface area contributed by atoms with Crippen molar-refractivity contribution in [1.29, 1.82) is 0 Å². The van der Waals surface area contributed by atoms with Crippen molar-refractivity contribution in [2.24, 2.45) is 0 Å². The van der Waals surface area contributed by atoms with Crippen LogP contribution in [0.1, 0.15) is 71.8 Å². The third-order valence-electron chi connectivity index (χ3n) is 3.69. The van der Waals surface area contributed by atoms with E-state index in [1.165, 1.54) is 19.3 Å². The van der Waals surface area contributed by atoms with Crippen LogP contribution in [0.5, 0.6) is 5.75 Å². The summed E-state index contributed by atoms with van der Waals surface area (Å²) in [5.74, 6) is 0.499. The van der Waals surface area contributed by atoms with Gasteiger partial charge in [-0.2, -0.15) is 8.42 Å². The number of rotatable bonds is 9. The molecule has 22 heavy (non-hydrogen) atoms. The van der Waals surface area contributed by atoms with Crippen LogP contribution in [0.25, 0.3) is 0 Å². The van der Waals surface area contributed by atoms with E-state index in [-0.39, 0.29) is 11.2 Å². The molecule has 0 bridgehead atoms. The maximum atomic E-state index is 11.9. The molecule has 126 valence electrons. The predicted octanol–water partition coefficient (Wildman–Crippen LogP) is 5.05. The van der Waals surface area contributed by atoms with Crippen LogP contribution in [-0.4, -0.2) is 14.2 Å². The maximum Gasteiger partial charge on any atom is 0.309 e. The molecule has 3 nitrogen and oxygen atoms in total. The van der Waals surface area contributed by atoms with Gasteiger partial charge in [0.1, 0.15) is 5.75 Å². The van der Waals surface area contributed by atoms with Gasteiger partial charge in [0.05, 0.1) is 5.75 Å². The van der Waals surface area contributed by atoms with Gasteiger partial charge >= 0.3 is 10.1 Å². The van der Waals surface area contributed by atoms with E-state index in [1.807, 2.05) is 12.1 Å². The molecule has 1 rings (SSSR count). The number of hydrogen-bond acceptors (Lipinski definition) is 3. The number of unbranched alkanes of at least 4 members (excludes halogenated alkanes) is 5. The highest BCUT2D eigenvalue weighted by molar-refractivity contribution is 7.87. The Balaban J connectivity index is 2.44. The maximum absolute atomic E-state index is 11.9. The van der Waals surface area contributed by atoms with Crippen molar-refractivity contribution in [2.75, 3.05) is 5.75 Å². The zero-order chi connectivity index (χ0) is 16.6. The van der Waals surface area contributed by atoms with Gasteiger partial charge in [-0.05, 0) is 29.5 Å². The summed E-state index contributed by atoms with van der Waals surface area (Å²) in [5, 5.41) is 0. The second-order valence-corrected chi connectivity index (χ2v) is 8.58. The molecule has 0 unspecified atom stereocenters. The third kappa shape index (κ3) is 7.30. The highest BCUT2D eigenvalue weighted by Crippen LogP contribution is 2.25. The first kappa shape index (κ1) is 19.0. The summed E-state index contributed by atoms with van der Waals surface area (Å²) in [6, 6.07) is 7.32. The fourth-order valence-electron chi connectivity index (χ4n) is 2.26. The molecule has 1 aromatic rings. The van der Waals surface area contributed by atoms with Crippen LogP contribution in [0.15, 0.2) is 24.3 Å². The Kier molecular flexibility index (Phi) is 7.40. The second kappa shape index (κ2) is 8.56. The zero-order valence-corrected chi connectivity index (χ0v) is 15.2. The molecular formula is C18H30O3S. The van der Waals surface area contributed by atoms with E-state index in [0.29, 0.717) is 12.2 Å². The zero-order valence-electron chi connectivity index (χ0n) is 14.4. The average molecular weight is 327 g/mol. The van der Waals surface area contributed by atoms with Gasteiger partial charge in [0.2, 0.25) is 0 Å². The molecule has 0 saturated carbocycles. The minimum absolute atomic E-state index is 0.0515. The molecule has 0 radical (unpaired) electrons. The molecule has 0 amide bonds. The summed E-state index contributed by atoms with van der Waals surface area (Å²) in [5.41, 5.74) is 1.21. The van der Waals surface area contributed by atoms with Crippen molar-refractivity contribution in [1.82, 2.24) is 0 Å². The first-order chi connectivity index (χ1) is 10.2. The van der Waals surface area contributed by atoms with E-state index in [4.69, 9.17) is 4.18 Å². The number of benzene rings is 1. The lowest BCUT2D eigenvalue weighted by Gasteiger charge is -2.19. The lowest BCUT2D eigenvalue weighted by Crippen LogP contribution is -2.14. The molecule has 0 atom stereocenters. The first-order valence-electron chi connectivity index (χ1n) is 8.27. The van der Waals surface area contributed by atoms with Crippen molar-refractivity contribution < 1.29 is 12.6 Å². The lowest BCUT2D eigenvalue weighted by molar-refractivity contribution is 0.481. The first-order valence-corrected chi connectivity index (χ1v) is 9.85. The Morgan fingerprint density at radius 1 is 0.909 bits per heavy atom. The van der Waals surface area contributed by atoms with E-state index in [9.17, 15) is 8.42 Å². The molecule has 0 N–H and O–H groups in total. The van der Waals surface area contributed by atoms with Gasteiger partial charge in [-0.15, -0.1) is 0 Å². The Morgan fingerprint density at radius 2 is 1.45 bits per heavy atom. The Hall–Kier alpha value is -1.03. The molecule has 0 spiro atoms. The minimum atomic E-state index is -3.48. The molecule has 0 aromatic heterocycles. The van der Waals surface area contributed by atoms with Crippen LogP contribution in [0.4, 0.5) is 0 Å². The van der Waals surface area contributed by atoms with E-state index >= 15 is 0 Å². The predicted molar refractivity (Wildman–Crippen MR) is 92.9 cm³/mol. The molecule has 0 heterocycles. The van der Waals surface area contributed by atoms with E-state index < -0.39 is 10.1 Å². The second-order valence-electron chi connectivity index (χ2n) is 6.89.